The molecule has 222 valence electrons. The van der Waals surface area contributed by atoms with E-state index in [9.17, 15) is 22.0 Å². The van der Waals surface area contributed by atoms with E-state index >= 15 is 0 Å². The van der Waals surface area contributed by atoms with E-state index in [1.807, 2.05) is 60.7 Å². The average molecular weight is 610 g/mol. The fourth-order valence-corrected chi connectivity index (χ4v) is 7.97. The minimum atomic E-state index is -3.57. The van der Waals surface area contributed by atoms with Crippen molar-refractivity contribution in [2.75, 3.05) is 24.6 Å². The Morgan fingerprint density at radius 1 is 0.881 bits per heavy atom. The summed E-state index contributed by atoms with van der Waals surface area (Å²) >= 11 is 0. The van der Waals surface area contributed by atoms with Gasteiger partial charge >= 0.3 is 0 Å². The number of sulfone groups is 2. The number of pyridine rings is 2. The first-order valence-corrected chi connectivity index (χ1v) is 17.3. The lowest BCUT2D eigenvalue weighted by Gasteiger charge is -2.25. The van der Waals surface area contributed by atoms with Gasteiger partial charge in [-0.1, -0.05) is 36.4 Å². The van der Waals surface area contributed by atoms with Gasteiger partial charge in [-0.05, 0) is 55.2 Å². The van der Waals surface area contributed by atoms with Crippen LogP contribution < -0.4 is 5.32 Å². The van der Waals surface area contributed by atoms with Gasteiger partial charge in [0.1, 0.15) is 0 Å². The number of hydrogen-bond acceptors (Lipinski definition) is 10. The summed E-state index contributed by atoms with van der Waals surface area (Å²) in [5, 5.41) is 25.3. The second-order valence-corrected chi connectivity index (χ2v) is 14.8. The van der Waals surface area contributed by atoms with Crippen LogP contribution in [0.2, 0.25) is 0 Å². The van der Waals surface area contributed by atoms with Crippen molar-refractivity contribution in [2.45, 2.75) is 43.4 Å². The maximum atomic E-state index is 13.0. The van der Waals surface area contributed by atoms with Crippen LogP contribution in [0.25, 0.3) is 21.8 Å². The first kappa shape index (κ1) is 31.5. The summed E-state index contributed by atoms with van der Waals surface area (Å²) < 4.78 is 51.6. The van der Waals surface area contributed by atoms with Gasteiger partial charge in [0.25, 0.3) is 0 Å². The largest absolute Gasteiger partial charge is 0.314 e. The molecule has 42 heavy (non-hydrogen) atoms. The zero-order valence-electron chi connectivity index (χ0n) is 23.4. The van der Waals surface area contributed by atoms with Crippen LogP contribution in [0.1, 0.15) is 30.9 Å². The molecule has 2 aromatic heterocycles. The Balaban J connectivity index is 1.29. The number of benzene rings is 2. The number of nitrogens with one attached hydrogen (secondary N) is 1. The topological polar surface area (TPSA) is 153 Å². The van der Waals surface area contributed by atoms with Crippen LogP contribution in [0.15, 0.2) is 73.1 Å². The van der Waals surface area contributed by atoms with Gasteiger partial charge in [0.2, 0.25) is 0 Å². The van der Waals surface area contributed by atoms with E-state index in [4.69, 9.17) is 5.26 Å². The lowest BCUT2D eigenvalue weighted by Crippen LogP contribution is -2.41. The van der Waals surface area contributed by atoms with E-state index in [2.05, 4.69) is 15.3 Å². The third-order valence-corrected chi connectivity index (χ3v) is 10.4. The first-order valence-electron chi connectivity index (χ1n) is 13.7. The van der Waals surface area contributed by atoms with Crippen molar-refractivity contribution in [1.82, 2.24) is 20.3 Å². The molecule has 0 saturated carbocycles. The molecule has 2 N–H and O–H groups in total. The Labute approximate surface area is 246 Å². The molecule has 1 unspecified atom stereocenters. The molecular weight excluding hydrogens is 574 g/mol. The first-order chi connectivity index (χ1) is 20.0. The van der Waals surface area contributed by atoms with E-state index in [0.717, 1.165) is 26.9 Å². The van der Waals surface area contributed by atoms with Crippen molar-refractivity contribution in [3.8, 4) is 6.07 Å². The zero-order valence-corrected chi connectivity index (χ0v) is 25.1. The smallest absolute Gasteiger partial charge is 0.156 e. The van der Waals surface area contributed by atoms with Crippen LogP contribution >= 0.6 is 0 Å². The van der Waals surface area contributed by atoms with E-state index in [-0.39, 0.29) is 48.9 Å². The second-order valence-electron chi connectivity index (χ2n) is 10.5. The van der Waals surface area contributed by atoms with Crippen molar-refractivity contribution >= 4 is 41.5 Å². The fourth-order valence-electron chi connectivity index (χ4n) is 4.78. The molecule has 0 radical (unpaired) electrons. The molecule has 2 atom stereocenters. The van der Waals surface area contributed by atoms with Crippen molar-refractivity contribution in [2.24, 2.45) is 0 Å². The second kappa shape index (κ2) is 14.1. The summed E-state index contributed by atoms with van der Waals surface area (Å²) in [5.74, 6) is -0.687. The molecule has 2 aromatic carbocycles. The molecule has 0 saturated heterocycles. The lowest BCUT2D eigenvalue weighted by molar-refractivity contribution is -0.123. The predicted molar refractivity (Wildman–Crippen MR) is 163 cm³/mol. The Morgan fingerprint density at radius 2 is 1.43 bits per heavy atom. The zero-order chi connectivity index (χ0) is 30.2. The lowest BCUT2D eigenvalue weighted by atomic mass is 10.2. The number of fused-ring (bicyclic) bond motifs is 2. The van der Waals surface area contributed by atoms with E-state index in [0.29, 0.717) is 11.1 Å². The minimum Gasteiger partial charge on any atom is -0.314 e. The normalized spacial score (nSPS) is 13.8. The molecule has 0 amide bonds. The van der Waals surface area contributed by atoms with Gasteiger partial charge in [-0.3, -0.25) is 9.97 Å². The molecule has 4 aromatic rings. The number of nitrogens with zero attached hydrogens (tertiary/aromatic N) is 4. The van der Waals surface area contributed by atoms with Crippen molar-refractivity contribution in [1.29, 1.82) is 5.26 Å². The monoisotopic (exact) mass is 609 g/mol. The number of rotatable bonds is 15. The highest BCUT2D eigenvalue weighted by molar-refractivity contribution is 7.90. The summed E-state index contributed by atoms with van der Waals surface area (Å²) in [4.78, 5) is 8.66. The Bertz CT molecular complexity index is 1770. The predicted octanol–water partition coefficient (Wildman–Crippen LogP) is 3.65. The molecule has 4 rings (SSSR count). The average Bonchev–Trinajstić information content (AvgIpc) is 2.96. The van der Waals surface area contributed by atoms with Crippen molar-refractivity contribution < 1.29 is 22.0 Å². The molecule has 0 spiro atoms. The molecule has 0 fully saturated rings. The Kier molecular flexibility index (Phi) is 10.6. The Morgan fingerprint density at radius 3 is 2.00 bits per heavy atom. The van der Waals surface area contributed by atoms with Gasteiger partial charge in [0.15, 0.2) is 19.7 Å². The summed E-state index contributed by atoms with van der Waals surface area (Å²) in [6, 6.07) is 19.5. The quantitative estimate of drug-likeness (QED) is 0.151. The van der Waals surface area contributed by atoms with Crippen LogP contribution in [0.4, 0.5) is 0 Å². The molecule has 0 aliphatic rings. The van der Waals surface area contributed by atoms with Gasteiger partial charge in [-0.15, -0.1) is 0 Å². The molecule has 0 bridgehead atoms. The minimum absolute atomic E-state index is 0.0411. The van der Waals surface area contributed by atoms with E-state index in [1.165, 1.54) is 0 Å². The highest BCUT2D eigenvalue weighted by Gasteiger charge is 2.23. The number of aromatic nitrogens is 2. The Hall–Kier alpha value is -3.47. The van der Waals surface area contributed by atoms with Gasteiger partial charge in [0, 0.05) is 41.8 Å². The van der Waals surface area contributed by atoms with Gasteiger partial charge < -0.3 is 10.5 Å². The summed E-state index contributed by atoms with van der Waals surface area (Å²) in [7, 11) is -7.02. The third-order valence-electron chi connectivity index (χ3n) is 7.05. The number of para-hydroxylation sites is 2. The van der Waals surface area contributed by atoms with Crippen LogP contribution in [0, 0.1) is 11.3 Å². The van der Waals surface area contributed by atoms with E-state index in [1.54, 1.807) is 25.4 Å². The third kappa shape index (κ3) is 9.27. The van der Waals surface area contributed by atoms with Crippen molar-refractivity contribution in [3.63, 3.8) is 0 Å². The summed E-state index contributed by atoms with van der Waals surface area (Å²) in [5.41, 5.74) is 2.76. The number of hydrogen-bond donors (Lipinski definition) is 2. The highest BCUT2D eigenvalue weighted by atomic mass is 32.2. The summed E-state index contributed by atoms with van der Waals surface area (Å²) in [6.45, 7) is 1.78. The van der Waals surface area contributed by atoms with E-state index < -0.39 is 31.8 Å². The van der Waals surface area contributed by atoms with Crippen molar-refractivity contribution in [3.05, 3.63) is 84.2 Å². The molecule has 0 aliphatic heterocycles. The molecular formula is C30H35N5O5S2. The van der Waals surface area contributed by atoms with Crippen LogP contribution in [0.5, 0.6) is 0 Å². The van der Waals surface area contributed by atoms with Crippen LogP contribution in [-0.2, 0) is 31.2 Å². The fraction of sp³-hybridized carbons (Fsp3) is 0.367. The molecule has 0 aliphatic carbocycles. The SMILES string of the molecule is CC(CCS(=O)(=O)Cc1cnc2ccccc2c1)N(O)CC[C@@H](CS(=O)(=O)Cc1cnc2ccccc2c1)NCC#N. The number of hydroxylamine groups is 2. The van der Waals surface area contributed by atoms with Gasteiger partial charge in [0.05, 0.1) is 46.7 Å². The maximum Gasteiger partial charge on any atom is 0.156 e. The van der Waals surface area contributed by atoms with Gasteiger partial charge in [-0.2, -0.15) is 10.3 Å². The molecule has 12 heteroatoms. The molecule has 10 nitrogen and oxygen atoms in total. The van der Waals surface area contributed by atoms with Crippen LogP contribution in [-0.4, -0.2) is 73.8 Å². The number of nitriles is 1. The van der Waals surface area contributed by atoms with Crippen LogP contribution in [0.3, 0.4) is 0 Å². The standard InChI is InChI=1S/C30H35N5O5S2/c1-23(11-15-41(37,38)20-24-16-26-6-2-4-8-29(26)33-18-24)35(36)14-10-28(32-13-12-31)22-42(39,40)21-25-17-27-7-3-5-9-30(27)34-19-25/h2-9,16-19,23,28,32,36H,10-11,13-15,20-22H2,1H3/t23?,28-/m0/s1. The molecule has 2 heterocycles. The summed E-state index contributed by atoms with van der Waals surface area (Å²) in [6.07, 6.45) is 3.57. The highest BCUT2D eigenvalue weighted by Crippen LogP contribution is 2.18. The van der Waals surface area contributed by atoms with Gasteiger partial charge in [-0.25, -0.2) is 16.8 Å². The maximum absolute atomic E-state index is 13.0.